The third-order valence-electron chi connectivity index (χ3n) is 10.3. The maximum absolute atomic E-state index is 15.6. The number of rotatable bonds is 18. The molecule has 1 aromatic carbocycles. The number of hydrogen-bond donors (Lipinski definition) is 0. The van der Waals surface area contributed by atoms with Crippen LogP contribution in [-0.4, -0.2) is 172 Å². The highest BCUT2D eigenvalue weighted by Gasteiger charge is 2.43. The molecule has 4 heterocycles. The van der Waals surface area contributed by atoms with E-state index in [9.17, 15) is 14.4 Å². The molecule has 4 unspecified atom stereocenters. The quantitative estimate of drug-likeness (QED) is 0.137. The van der Waals surface area contributed by atoms with Gasteiger partial charge in [-0.2, -0.15) is 0 Å². The van der Waals surface area contributed by atoms with Crippen LogP contribution in [-0.2, 0) is 66.5 Å². The minimum Gasteiger partial charge on any atom is -0.464 e. The summed E-state index contributed by atoms with van der Waals surface area (Å²) in [7, 11) is 0. The Balaban J connectivity index is 1.70. The summed E-state index contributed by atoms with van der Waals surface area (Å²) in [5, 5.41) is 0. The number of carbonyl (C=O) groups excluding carboxylic acids is 5. The molecule has 5 rings (SSSR count). The summed E-state index contributed by atoms with van der Waals surface area (Å²) < 4.78 is 65.3. The number of hydrogen-bond acceptors (Lipinski definition) is 16. The number of halogens is 3. The van der Waals surface area contributed by atoms with E-state index < -0.39 is 103 Å². The molecule has 4 aliphatic rings. The molecule has 372 valence electrons. The molecule has 22 heteroatoms. The second kappa shape index (κ2) is 22.2. The first kappa shape index (κ1) is 55.3. The normalized spacial score (nSPS) is 24.0. The van der Waals surface area contributed by atoms with E-state index in [-0.39, 0.29) is 86.7 Å². The van der Waals surface area contributed by atoms with Crippen LogP contribution in [0.25, 0.3) is 0 Å². The van der Waals surface area contributed by atoms with Crippen LogP contribution in [0, 0.1) is 10.7 Å². The Morgan fingerprint density at radius 1 is 0.591 bits per heavy atom. The number of esters is 2. The fraction of sp³-hybridized carbons (Fsp3) is 0.750. The molecule has 0 N–H and O–H groups in total. The van der Waals surface area contributed by atoms with Crippen molar-refractivity contribution in [3.8, 4) is 0 Å². The molecule has 0 radical (unpaired) electrons. The highest BCUT2D eigenvalue weighted by Crippen LogP contribution is 2.40. The van der Waals surface area contributed by atoms with Crippen LogP contribution in [0.15, 0.2) is 0 Å². The Hall–Kier alpha value is -1.60. The largest absolute Gasteiger partial charge is 0.464 e. The van der Waals surface area contributed by atoms with Gasteiger partial charge in [0.15, 0.2) is 23.1 Å². The van der Waals surface area contributed by atoms with Crippen molar-refractivity contribution < 1.29 is 76.1 Å². The van der Waals surface area contributed by atoms with Crippen molar-refractivity contribution in [3.63, 3.8) is 0 Å². The van der Waals surface area contributed by atoms with Gasteiger partial charge in [0.1, 0.15) is 49.8 Å². The van der Waals surface area contributed by atoms with E-state index in [1.807, 2.05) is 67.8 Å². The van der Waals surface area contributed by atoms with Crippen molar-refractivity contribution >= 4 is 103 Å². The monoisotopic (exact) mass is 1270 g/mol. The van der Waals surface area contributed by atoms with E-state index in [4.69, 9.17) is 52.1 Å². The minimum absolute atomic E-state index is 0.0668. The van der Waals surface area contributed by atoms with Crippen LogP contribution in [0.1, 0.15) is 104 Å². The van der Waals surface area contributed by atoms with E-state index in [0.29, 0.717) is 0 Å². The molecule has 0 bridgehead atoms. The van der Waals surface area contributed by atoms with E-state index in [1.54, 1.807) is 92.9 Å². The lowest BCUT2D eigenvalue weighted by molar-refractivity contribution is -0.154. The molecule has 4 fully saturated rings. The van der Waals surface area contributed by atoms with Gasteiger partial charge in [0.2, 0.25) is 0 Å². The van der Waals surface area contributed by atoms with Gasteiger partial charge in [-0.15, -0.1) is 0 Å². The molecule has 4 aliphatic heterocycles. The Morgan fingerprint density at radius 2 is 0.955 bits per heavy atom. The summed E-state index contributed by atoms with van der Waals surface area (Å²) in [6.07, 6.45) is -2.14. The summed E-state index contributed by atoms with van der Waals surface area (Å²) in [4.78, 5) is 75.9. The average molecular weight is 1270 g/mol. The van der Waals surface area contributed by atoms with Gasteiger partial charge >= 0.3 is 11.9 Å². The van der Waals surface area contributed by atoms with Crippen molar-refractivity contribution in [1.82, 2.24) is 9.80 Å². The van der Waals surface area contributed by atoms with Crippen LogP contribution in [0.2, 0.25) is 0 Å². The van der Waals surface area contributed by atoms with E-state index >= 15 is 9.59 Å². The van der Waals surface area contributed by atoms with Crippen molar-refractivity contribution in [2.75, 3.05) is 83.9 Å². The van der Waals surface area contributed by atoms with Gasteiger partial charge in [-0.3, -0.25) is 24.1 Å². The maximum atomic E-state index is 15.6. The van der Waals surface area contributed by atoms with Crippen molar-refractivity contribution in [2.45, 2.75) is 136 Å². The van der Waals surface area contributed by atoms with Crippen molar-refractivity contribution in [3.05, 3.63) is 21.8 Å². The molecule has 1 aromatic rings. The SMILES string of the molecule is CCOC(=O)COCC(=O)N(CC(=O)OC(C)(C)C)c1c(I)c(C(=O)N(CC2COC(C)(C)O2)CC2COC(C)(C)O2)c(I)c(C(=O)N(CC2COC(C)(C)O2)CC2COC(C)(C)O2)c1I. The van der Waals surface area contributed by atoms with Crippen LogP contribution in [0.5, 0.6) is 0 Å². The standard InChI is InChI=1S/C44H64I3N3O16/c1-13-57-31(53)24-56-23-29(51)50(18-30(52)66-40(2,3)4)37-35(46)32(38(54)48(14-25-19-58-41(5,6)62-25)15-26-20-59-42(7,8)63-26)34(45)33(36(37)47)39(55)49(16-27-21-60-43(9,10)64-27)17-28-22-61-44(11,12)65-28/h25-28H,13-24H2,1-12H3. The second-order valence-electron chi connectivity index (χ2n) is 19.1. The lowest BCUT2D eigenvalue weighted by Gasteiger charge is -2.33. The van der Waals surface area contributed by atoms with Crippen LogP contribution >= 0.6 is 67.8 Å². The number of ether oxygens (including phenoxy) is 11. The summed E-state index contributed by atoms with van der Waals surface area (Å²) >= 11 is 5.97. The molecular weight excluding hydrogens is 1210 g/mol. The summed E-state index contributed by atoms with van der Waals surface area (Å²) in [6.45, 7) is 20.3. The highest BCUT2D eigenvalue weighted by molar-refractivity contribution is 14.1. The zero-order valence-electron chi connectivity index (χ0n) is 39.8. The van der Waals surface area contributed by atoms with Gasteiger partial charge in [0.25, 0.3) is 17.7 Å². The average Bonchev–Trinajstić information content (AvgIpc) is 3.92. The molecule has 0 spiro atoms. The topological polar surface area (TPSA) is 197 Å². The molecule has 0 saturated carbocycles. The van der Waals surface area contributed by atoms with Crippen LogP contribution in [0.3, 0.4) is 0 Å². The smallest absolute Gasteiger partial charge is 0.332 e. The molecule has 19 nitrogen and oxygen atoms in total. The maximum Gasteiger partial charge on any atom is 0.332 e. The number of anilines is 1. The fourth-order valence-electron chi connectivity index (χ4n) is 7.75. The summed E-state index contributed by atoms with van der Waals surface area (Å²) in [5.41, 5.74) is -0.720. The zero-order valence-corrected chi connectivity index (χ0v) is 46.3. The van der Waals surface area contributed by atoms with Gasteiger partial charge in [-0.1, -0.05) is 0 Å². The molecule has 0 aliphatic carbocycles. The molecule has 3 amide bonds. The number of nitrogens with zero attached hydrogens (tertiary/aromatic N) is 3. The lowest BCUT2D eigenvalue weighted by atomic mass is 10.0. The summed E-state index contributed by atoms with van der Waals surface area (Å²) in [6, 6.07) is 0. The Labute approximate surface area is 427 Å². The first-order valence-electron chi connectivity index (χ1n) is 21.8. The van der Waals surface area contributed by atoms with Gasteiger partial charge in [0, 0.05) is 29.7 Å². The molecule has 66 heavy (non-hydrogen) atoms. The minimum atomic E-state index is -0.940. The second-order valence-corrected chi connectivity index (χ2v) is 22.4. The predicted octanol–water partition coefficient (Wildman–Crippen LogP) is 5.25. The van der Waals surface area contributed by atoms with Crippen LogP contribution < -0.4 is 4.90 Å². The van der Waals surface area contributed by atoms with Gasteiger partial charge in [-0.05, 0) is 151 Å². The Bertz CT molecular complexity index is 1820. The Morgan fingerprint density at radius 3 is 1.26 bits per heavy atom. The van der Waals surface area contributed by atoms with Gasteiger partial charge in [0.05, 0.1) is 57.0 Å². The number of amides is 3. The molecular formula is C44H64I3N3O16. The first-order chi connectivity index (χ1) is 30.5. The van der Waals surface area contributed by atoms with E-state index in [2.05, 4.69) is 0 Å². The van der Waals surface area contributed by atoms with Crippen molar-refractivity contribution in [2.24, 2.45) is 0 Å². The number of carbonyl (C=O) groups is 5. The molecule has 4 atom stereocenters. The summed E-state index contributed by atoms with van der Waals surface area (Å²) in [5.74, 6) is -6.88. The highest BCUT2D eigenvalue weighted by atomic mass is 127. The first-order valence-corrected chi connectivity index (χ1v) is 25.0. The van der Waals surface area contributed by atoms with Crippen molar-refractivity contribution in [1.29, 1.82) is 0 Å². The lowest BCUT2D eigenvalue weighted by Crippen LogP contribution is -2.47. The molecule has 4 saturated heterocycles. The fourth-order valence-corrected chi connectivity index (χ4v) is 12.4. The van der Waals surface area contributed by atoms with E-state index in [1.165, 1.54) is 0 Å². The van der Waals surface area contributed by atoms with E-state index in [0.717, 1.165) is 4.90 Å². The third-order valence-corrected chi connectivity index (χ3v) is 13.5. The van der Waals surface area contributed by atoms with Gasteiger partial charge < -0.3 is 61.9 Å². The third kappa shape index (κ3) is 15.2. The Kier molecular flexibility index (Phi) is 18.6. The molecule has 0 aromatic heterocycles. The zero-order chi connectivity index (χ0) is 49.2. The predicted molar refractivity (Wildman–Crippen MR) is 262 cm³/mol. The number of benzene rings is 1. The van der Waals surface area contributed by atoms with Gasteiger partial charge in [-0.25, -0.2) is 4.79 Å². The van der Waals surface area contributed by atoms with Crippen LogP contribution in [0.4, 0.5) is 5.69 Å².